The Hall–Kier alpha value is -4.22. The molecule has 2 aromatic heterocycles. The quantitative estimate of drug-likeness (QED) is 0.115. The first-order valence-electron chi connectivity index (χ1n) is 13.2. The molecule has 3 heterocycles. The van der Waals surface area contributed by atoms with Crippen LogP contribution in [0.15, 0.2) is 78.9 Å². The molecule has 0 unspecified atom stereocenters. The average molecular weight is 604 g/mol. The number of nitrogens with zero attached hydrogens (tertiary/aromatic N) is 3. The van der Waals surface area contributed by atoms with Crippen molar-refractivity contribution >= 4 is 40.8 Å². The van der Waals surface area contributed by atoms with E-state index in [0.29, 0.717) is 43.3 Å². The van der Waals surface area contributed by atoms with Crippen molar-refractivity contribution in [3.8, 4) is 11.3 Å². The topological polar surface area (TPSA) is 117 Å². The SMILES string of the molecule is CSc1ccc([C@@H]2C(C(=O)OC(C)C)=C(C)N=c3s/c(=C\c4ccc(-c5cc(C)c(C)c([N+](=O)[O-])c5)o4)c(=O)n32)cc1. The van der Waals surface area contributed by atoms with Gasteiger partial charge in [-0.25, -0.2) is 9.79 Å². The molecule has 0 amide bonds. The molecular weight excluding hydrogens is 574 g/mol. The number of rotatable bonds is 7. The Morgan fingerprint density at radius 1 is 1.17 bits per heavy atom. The van der Waals surface area contributed by atoms with Crippen LogP contribution in [0.25, 0.3) is 17.4 Å². The number of aryl methyl sites for hydroxylation is 1. The third-order valence-electron chi connectivity index (χ3n) is 7.04. The molecule has 5 rings (SSSR count). The number of carbonyl (C=O) groups is 1. The number of thioether (sulfide) groups is 1. The molecule has 2 aromatic carbocycles. The van der Waals surface area contributed by atoms with Gasteiger partial charge in [0.15, 0.2) is 4.80 Å². The largest absolute Gasteiger partial charge is 0.459 e. The van der Waals surface area contributed by atoms with Crippen LogP contribution in [0.4, 0.5) is 5.69 Å². The lowest BCUT2D eigenvalue weighted by atomic mass is 9.96. The number of ether oxygens (including phenoxy) is 1. The standard InChI is InChI=1S/C31H29N3O6S2/c1-16(2)39-30(36)27-19(5)32-31-33(28(27)20-7-10-23(41-6)11-8-20)29(35)26(42-31)15-22-9-12-25(40-22)21-13-17(3)18(4)24(14-21)34(37)38/h7-16,28H,1-6H3/b26-15-/t28-/m1/s1. The molecule has 0 bridgehead atoms. The van der Waals surface area contributed by atoms with Gasteiger partial charge in [0, 0.05) is 28.2 Å². The van der Waals surface area contributed by atoms with E-state index in [-0.39, 0.29) is 17.4 Å². The zero-order valence-electron chi connectivity index (χ0n) is 24.0. The van der Waals surface area contributed by atoms with Gasteiger partial charge in [-0.3, -0.25) is 19.5 Å². The van der Waals surface area contributed by atoms with Gasteiger partial charge in [0.2, 0.25) is 0 Å². The Labute approximate surface area is 250 Å². The van der Waals surface area contributed by atoms with Crippen molar-refractivity contribution in [3.05, 3.63) is 112 Å². The number of allylic oxidation sites excluding steroid dienone is 1. The van der Waals surface area contributed by atoms with Gasteiger partial charge >= 0.3 is 5.97 Å². The monoisotopic (exact) mass is 603 g/mol. The molecular formula is C31H29N3O6S2. The summed E-state index contributed by atoms with van der Waals surface area (Å²) in [6.45, 7) is 8.83. The molecule has 0 N–H and O–H groups in total. The van der Waals surface area contributed by atoms with Crippen LogP contribution in [0.5, 0.6) is 0 Å². The van der Waals surface area contributed by atoms with Crippen LogP contribution in [0.2, 0.25) is 0 Å². The summed E-state index contributed by atoms with van der Waals surface area (Å²) in [7, 11) is 0. The fraction of sp³-hybridized carbons (Fsp3) is 0.258. The normalized spacial score (nSPS) is 15.1. The van der Waals surface area contributed by atoms with Crippen LogP contribution in [-0.4, -0.2) is 27.8 Å². The van der Waals surface area contributed by atoms with Crippen molar-refractivity contribution in [2.45, 2.75) is 51.7 Å². The number of nitro benzene ring substituents is 1. The van der Waals surface area contributed by atoms with Crippen LogP contribution >= 0.6 is 23.1 Å². The minimum atomic E-state index is -0.714. The van der Waals surface area contributed by atoms with E-state index in [2.05, 4.69) is 4.99 Å². The highest BCUT2D eigenvalue weighted by Crippen LogP contribution is 2.33. The van der Waals surface area contributed by atoms with Crippen LogP contribution < -0.4 is 14.9 Å². The number of carbonyl (C=O) groups excluding carboxylic acids is 1. The van der Waals surface area contributed by atoms with Crippen molar-refractivity contribution in [1.82, 2.24) is 4.57 Å². The van der Waals surface area contributed by atoms with E-state index in [4.69, 9.17) is 9.15 Å². The van der Waals surface area contributed by atoms with Gasteiger partial charge in [-0.2, -0.15) is 0 Å². The first-order chi connectivity index (χ1) is 20.0. The lowest BCUT2D eigenvalue weighted by Crippen LogP contribution is -2.40. The molecule has 0 saturated heterocycles. The number of furan rings is 1. The number of fused-ring (bicyclic) bond motifs is 1. The second-order valence-electron chi connectivity index (χ2n) is 10.2. The molecule has 9 nitrogen and oxygen atoms in total. The molecule has 1 aliphatic heterocycles. The number of benzene rings is 2. The zero-order chi connectivity index (χ0) is 30.3. The van der Waals surface area contributed by atoms with Crippen LogP contribution in [-0.2, 0) is 9.53 Å². The van der Waals surface area contributed by atoms with Gasteiger partial charge in [0.05, 0.1) is 32.9 Å². The fourth-order valence-corrected chi connectivity index (χ4v) is 6.28. The van der Waals surface area contributed by atoms with Crippen LogP contribution in [0, 0.1) is 24.0 Å². The zero-order valence-corrected chi connectivity index (χ0v) is 25.6. The maximum atomic E-state index is 13.9. The average Bonchev–Trinajstić information content (AvgIpc) is 3.53. The number of hydrogen-bond donors (Lipinski definition) is 0. The van der Waals surface area contributed by atoms with Gasteiger partial charge in [0.1, 0.15) is 11.5 Å². The summed E-state index contributed by atoms with van der Waals surface area (Å²) < 4.78 is 13.5. The molecule has 1 aliphatic rings. The highest BCUT2D eigenvalue weighted by Gasteiger charge is 2.33. The van der Waals surface area contributed by atoms with Crippen molar-refractivity contribution in [2.24, 2.45) is 4.99 Å². The predicted octanol–water partition coefficient (Wildman–Crippen LogP) is 5.69. The van der Waals surface area contributed by atoms with Crippen molar-refractivity contribution < 1.29 is 18.9 Å². The second kappa shape index (κ2) is 11.6. The van der Waals surface area contributed by atoms with E-state index in [1.807, 2.05) is 43.5 Å². The van der Waals surface area contributed by atoms with E-state index >= 15 is 0 Å². The fourth-order valence-electron chi connectivity index (χ4n) is 4.85. The molecule has 0 fully saturated rings. The van der Waals surface area contributed by atoms with E-state index in [0.717, 1.165) is 16.0 Å². The molecule has 4 aromatic rings. The van der Waals surface area contributed by atoms with Crippen molar-refractivity contribution in [1.29, 1.82) is 0 Å². The Morgan fingerprint density at radius 3 is 2.52 bits per heavy atom. The number of nitro groups is 1. The summed E-state index contributed by atoms with van der Waals surface area (Å²) in [6.07, 6.45) is 3.27. The molecule has 42 heavy (non-hydrogen) atoms. The third kappa shape index (κ3) is 5.49. The number of esters is 1. The van der Waals surface area contributed by atoms with Crippen LogP contribution in [0.1, 0.15) is 49.3 Å². The lowest BCUT2D eigenvalue weighted by Gasteiger charge is -2.25. The molecule has 11 heteroatoms. The Kier molecular flexibility index (Phi) is 8.07. The minimum Gasteiger partial charge on any atom is -0.459 e. The lowest BCUT2D eigenvalue weighted by molar-refractivity contribution is -0.385. The molecule has 0 spiro atoms. The van der Waals surface area contributed by atoms with Gasteiger partial charge in [-0.05, 0) is 82.3 Å². The molecule has 0 radical (unpaired) electrons. The van der Waals surface area contributed by atoms with Gasteiger partial charge in [-0.1, -0.05) is 23.5 Å². The molecule has 0 saturated carbocycles. The van der Waals surface area contributed by atoms with Gasteiger partial charge in [0.25, 0.3) is 11.2 Å². The highest BCUT2D eigenvalue weighted by molar-refractivity contribution is 7.98. The van der Waals surface area contributed by atoms with Crippen molar-refractivity contribution in [3.63, 3.8) is 0 Å². The number of thiazole rings is 1. The minimum absolute atomic E-state index is 0.0176. The number of aromatic nitrogens is 1. The van der Waals surface area contributed by atoms with E-state index in [1.54, 1.807) is 57.7 Å². The van der Waals surface area contributed by atoms with Crippen molar-refractivity contribution in [2.75, 3.05) is 6.26 Å². The summed E-state index contributed by atoms with van der Waals surface area (Å²) in [4.78, 5) is 44.4. The first kappa shape index (κ1) is 29.3. The van der Waals surface area contributed by atoms with Gasteiger partial charge < -0.3 is 9.15 Å². The van der Waals surface area contributed by atoms with Crippen LogP contribution in [0.3, 0.4) is 0 Å². The maximum absolute atomic E-state index is 13.9. The maximum Gasteiger partial charge on any atom is 0.338 e. The summed E-state index contributed by atoms with van der Waals surface area (Å²) in [5, 5.41) is 11.5. The van der Waals surface area contributed by atoms with E-state index in [9.17, 15) is 19.7 Å². The molecule has 0 aliphatic carbocycles. The number of hydrogen-bond acceptors (Lipinski definition) is 9. The Bertz CT molecular complexity index is 1930. The molecule has 1 atom stereocenters. The summed E-state index contributed by atoms with van der Waals surface area (Å²) in [5.74, 6) is 0.339. The second-order valence-corrected chi connectivity index (χ2v) is 12.1. The summed E-state index contributed by atoms with van der Waals surface area (Å²) >= 11 is 2.80. The predicted molar refractivity (Wildman–Crippen MR) is 163 cm³/mol. The first-order valence-corrected chi connectivity index (χ1v) is 15.3. The molecule has 216 valence electrons. The van der Waals surface area contributed by atoms with Gasteiger partial charge in [-0.15, -0.1) is 11.8 Å². The van der Waals surface area contributed by atoms with E-state index in [1.165, 1.54) is 22.0 Å². The Balaban J connectivity index is 1.62. The summed E-state index contributed by atoms with van der Waals surface area (Å²) in [5.41, 5.74) is 3.22. The smallest absolute Gasteiger partial charge is 0.338 e. The Morgan fingerprint density at radius 2 is 1.88 bits per heavy atom. The highest BCUT2D eigenvalue weighted by atomic mass is 32.2. The van der Waals surface area contributed by atoms with E-state index < -0.39 is 16.9 Å². The summed E-state index contributed by atoms with van der Waals surface area (Å²) in [6, 6.07) is 13.8. The third-order valence-corrected chi connectivity index (χ3v) is 8.76.